The molecule has 34 heavy (non-hydrogen) atoms. The summed E-state index contributed by atoms with van der Waals surface area (Å²) in [7, 11) is 0. The van der Waals surface area contributed by atoms with Gasteiger partial charge in [-0.25, -0.2) is 15.0 Å². The van der Waals surface area contributed by atoms with Crippen molar-refractivity contribution in [1.29, 1.82) is 0 Å². The number of benzene rings is 2. The summed E-state index contributed by atoms with van der Waals surface area (Å²) in [5, 5.41) is 0. The van der Waals surface area contributed by atoms with Crippen LogP contribution in [0.25, 0.3) is 0 Å². The SMILES string of the molecule is [Cl-].[Cl-].[Cl-].[V+3].c1ccc(CC2COC(c3cccc(C4=NC(Cc5ccccc5)CO4)n3)=N2)cc1. The van der Waals surface area contributed by atoms with Gasteiger partial charge in [0.1, 0.15) is 24.6 Å². The van der Waals surface area contributed by atoms with Crippen LogP contribution in [0.1, 0.15) is 22.5 Å². The number of pyridine rings is 1. The number of aromatic nitrogens is 1. The third kappa shape index (κ3) is 7.49. The Hall–Kier alpha value is -2.02. The molecule has 5 rings (SSSR count). The Bertz CT molecular complexity index is 1000. The minimum absolute atomic E-state index is 0. The minimum Gasteiger partial charge on any atom is -1.00 e. The molecule has 1 aromatic heterocycles. The molecule has 5 nitrogen and oxygen atoms in total. The second kappa shape index (κ2) is 14.4. The molecule has 2 unspecified atom stereocenters. The average molecular weight is 555 g/mol. The van der Waals surface area contributed by atoms with E-state index in [4.69, 9.17) is 24.4 Å². The van der Waals surface area contributed by atoms with Crippen molar-refractivity contribution in [3.63, 3.8) is 0 Å². The quantitative estimate of drug-likeness (QED) is 0.307. The maximum Gasteiger partial charge on any atom is 3.00 e. The van der Waals surface area contributed by atoms with E-state index in [1.54, 1.807) is 0 Å². The molecule has 3 aromatic rings. The topological polar surface area (TPSA) is 56.1 Å². The maximum atomic E-state index is 5.85. The molecule has 0 radical (unpaired) electrons. The van der Waals surface area contributed by atoms with Gasteiger partial charge in [-0.05, 0) is 36.1 Å². The predicted octanol–water partition coefficient (Wildman–Crippen LogP) is -5.13. The number of hydrogen-bond donors (Lipinski definition) is 0. The van der Waals surface area contributed by atoms with E-state index in [1.165, 1.54) is 11.1 Å². The van der Waals surface area contributed by atoms with E-state index in [9.17, 15) is 0 Å². The van der Waals surface area contributed by atoms with Crippen molar-refractivity contribution in [2.75, 3.05) is 13.2 Å². The van der Waals surface area contributed by atoms with Crippen molar-refractivity contribution >= 4 is 11.8 Å². The molecule has 0 bridgehead atoms. The average Bonchev–Trinajstić information content (AvgIpc) is 3.45. The summed E-state index contributed by atoms with van der Waals surface area (Å²) in [4.78, 5) is 14.2. The van der Waals surface area contributed by atoms with E-state index in [1.807, 2.05) is 54.6 Å². The molecule has 0 N–H and O–H groups in total. The number of hydrogen-bond acceptors (Lipinski definition) is 5. The summed E-state index contributed by atoms with van der Waals surface area (Å²) in [5.74, 6) is 1.19. The Balaban J connectivity index is 0.00000144. The number of rotatable bonds is 6. The molecule has 2 atom stereocenters. The van der Waals surface area contributed by atoms with Crippen molar-refractivity contribution in [3.8, 4) is 0 Å². The van der Waals surface area contributed by atoms with Gasteiger partial charge in [0.25, 0.3) is 0 Å². The van der Waals surface area contributed by atoms with Crippen molar-refractivity contribution < 1.29 is 65.3 Å². The Kier molecular flexibility index (Phi) is 12.7. The van der Waals surface area contributed by atoms with E-state index in [0.29, 0.717) is 25.0 Å². The third-order valence-electron chi connectivity index (χ3n) is 5.24. The molecule has 0 spiro atoms. The van der Waals surface area contributed by atoms with E-state index < -0.39 is 0 Å². The smallest absolute Gasteiger partial charge is 1.00 e. The van der Waals surface area contributed by atoms with Gasteiger partial charge in [0, 0.05) is 0 Å². The molecule has 0 amide bonds. The molecule has 0 saturated carbocycles. The van der Waals surface area contributed by atoms with Crippen LogP contribution in [0, 0.1) is 0 Å². The number of ether oxygens (including phenoxy) is 2. The summed E-state index contributed by atoms with van der Waals surface area (Å²) >= 11 is 0. The van der Waals surface area contributed by atoms with Gasteiger partial charge in [0.05, 0.1) is 12.1 Å². The molecule has 2 aromatic carbocycles. The Morgan fingerprint density at radius 2 is 1.00 bits per heavy atom. The third-order valence-corrected chi connectivity index (χ3v) is 5.24. The molecule has 176 valence electrons. The fourth-order valence-corrected chi connectivity index (χ4v) is 3.77. The standard InChI is InChI=1S/C25H23N3O2.3ClH.V/c1-3-8-18(9-4-1)14-20-16-29-24(26-20)22-12-7-13-23(28-22)25-27-21(17-30-25)15-19-10-5-2-6-11-19;;;;/h1-13,20-21H,14-17H2;3*1H;/q;;;;+3/p-3. The minimum atomic E-state index is 0. The summed E-state index contributed by atoms with van der Waals surface area (Å²) in [6.07, 6.45) is 1.72. The van der Waals surface area contributed by atoms with Gasteiger partial charge in [0.2, 0.25) is 11.8 Å². The maximum absolute atomic E-state index is 5.85. The van der Waals surface area contributed by atoms with Crippen molar-refractivity contribution in [1.82, 2.24) is 4.98 Å². The van der Waals surface area contributed by atoms with E-state index in [-0.39, 0.29) is 67.9 Å². The van der Waals surface area contributed by atoms with E-state index in [2.05, 4.69) is 24.3 Å². The first kappa shape index (κ1) is 30.0. The van der Waals surface area contributed by atoms with Gasteiger partial charge < -0.3 is 46.7 Å². The molecule has 0 saturated heterocycles. The normalized spacial score (nSPS) is 17.9. The fraction of sp³-hybridized carbons (Fsp3) is 0.240. The summed E-state index contributed by atoms with van der Waals surface area (Å²) in [5.41, 5.74) is 3.97. The molecular weight excluding hydrogens is 532 g/mol. The zero-order valence-corrected chi connectivity index (χ0v) is 21.9. The van der Waals surface area contributed by atoms with Gasteiger partial charge in [-0.2, -0.15) is 0 Å². The summed E-state index contributed by atoms with van der Waals surface area (Å²) < 4.78 is 11.7. The number of halogens is 3. The molecule has 0 fully saturated rings. The van der Waals surface area contributed by atoms with E-state index >= 15 is 0 Å². The first-order valence-corrected chi connectivity index (χ1v) is 10.3. The van der Waals surface area contributed by atoms with Crippen LogP contribution in [-0.2, 0) is 40.9 Å². The van der Waals surface area contributed by atoms with Crippen molar-refractivity contribution in [2.45, 2.75) is 24.9 Å². The van der Waals surface area contributed by atoms with Crippen LogP contribution in [0.3, 0.4) is 0 Å². The summed E-state index contributed by atoms with van der Waals surface area (Å²) in [6, 6.07) is 26.7. The molecule has 3 heterocycles. The summed E-state index contributed by atoms with van der Waals surface area (Å²) in [6.45, 7) is 1.15. The van der Waals surface area contributed by atoms with E-state index in [0.717, 1.165) is 24.2 Å². The monoisotopic (exact) mass is 553 g/mol. The molecule has 2 aliphatic heterocycles. The van der Waals surface area contributed by atoms with Crippen LogP contribution in [-0.4, -0.2) is 42.1 Å². The Morgan fingerprint density at radius 3 is 1.41 bits per heavy atom. The second-order valence-electron chi connectivity index (χ2n) is 7.59. The van der Waals surface area contributed by atoms with Crippen LogP contribution >= 0.6 is 0 Å². The van der Waals surface area contributed by atoms with Gasteiger partial charge in [-0.3, -0.25) is 0 Å². The number of nitrogens with zero attached hydrogens (tertiary/aromatic N) is 3. The first-order valence-electron chi connectivity index (χ1n) is 10.3. The van der Waals surface area contributed by atoms with Gasteiger partial charge in [-0.1, -0.05) is 66.7 Å². The first-order chi connectivity index (χ1) is 14.8. The van der Waals surface area contributed by atoms with Crippen LogP contribution in [0.5, 0.6) is 0 Å². The van der Waals surface area contributed by atoms with Crippen LogP contribution in [0.15, 0.2) is 88.8 Å². The van der Waals surface area contributed by atoms with Crippen molar-refractivity contribution in [2.24, 2.45) is 9.98 Å². The molecule has 2 aliphatic rings. The number of aliphatic imine (C=N–C) groups is 2. The van der Waals surface area contributed by atoms with Gasteiger partial charge >= 0.3 is 18.6 Å². The van der Waals surface area contributed by atoms with Gasteiger partial charge in [-0.15, -0.1) is 0 Å². The Labute approximate surface area is 230 Å². The fourth-order valence-electron chi connectivity index (χ4n) is 3.77. The van der Waals surface area contributed by atoms with Crippen molar-refractivity contribution in [3.05, 3.63) is 101 Å². The van der Waals surface area contributed by atoms with Gasteiger partial charge in [0.15, 0.2) is 0 Å². The molecule has 9 heteroatoms. The largest absolute Gasteiger partial charge is 3.00 e. The van der Waals surface area contributed by atoms with Crippen LogP contribution in [0.2, 0.25) is 0 Å². The Morgan fingerprint density at radius 1 is 0.588 bits per heavy atom. The zero-order chi connectivity index (χ0) is 20.2. The zero-order valence-electron chi connectivity index (χ0n) is 18.2. The van der Waals surface area contributed by atoms with Crippen LogP contribution in [0.4, 0.5) is 0 Å². The predicted molar refractivity (Wildman–Crippen MR) is 117 cm³/mol. The molecular formula is C25H23Cl3N3O2V. The molecule has 0 aliphatic carbocycles. The second-order valence-corrected chi connectivity index (χ2v) is 7.59. The van der Waals surface area contributed by atoms with Crippen LogP contribution < -0.4 is 37.2 Å².